The van der Waals surface area contributed by atoms with Crippen LogP contribution in [0.2, 0.25) is 5.02 Å². The number of nitrogens with one attached hydrogen (secondary N) is 1. The zero-order valence-corrected chi connectivity index (χ0v) is 17.7. The average molecular weight is 435 g/mol. The molecule has 0 atom stereocenters. The summed E-state index contributed by atoms with van der Waals surface area (Å²) in [5, 5.41) is 13.8. The van der Waals surface area contributed by atoms with Gasteiger partial charge in [0.1, 0.15) is 6.54 Å². The van der Waals surface area contributed by atoms with Crippen LogP contribution in [0.25, 0.3) is 5.69 Å². The minimum absolute atomic E-state index is 0.153. The Bertz CT molecular complexity index is 1000. The van der Waals surface area contributed by atoms with Crippen molar-refractivity contribution in [1.29, 1.82) is 0 Å². The molecule has 0 saturated heterocycles. The molecule has 1 aromatic heterocycles. The topological polar surface area (TPSA) is 119 Å². The maximum Gasteiger partial charge on any atom is 0.333 e. The highest BCUT2D eigenvalue weighted by Gasteiger charge is 2.28. The van der Waals surface area contributed by atoms with E-state index in [1.54, 1.807) is 25.3 Å². The number of aliphatic hydroxyl groups is 1. The first-order valence-corrected chi connectivity index (χ1v) is 10.5. The summed E-state index contributed by atoms with van der Waals surface area (Å²) in [7, 11) is 0. The van der Waals surface area contributed by atoms with Gasteiger partial charge in [-0.05, 0) is 38.0 Å². The predicted octanol–water partition coefficient (Wildman–Crippen LogP) is 1.90. The summed E-state index contributed by atoms with van der Waals surface area (Å²) in [6.45, 7) is 1.62. The number of amides is 2. The van der Waals surface area contributed by atoms with Crippen LogP contribution in [0.5, 0.6) is 0 Å². The number of carbonyl (C=O) groups excluding carboxylic acids is 2. The predicted molar refractivity (Wildman–Crippen MR) is 114 cm³/mol. The molecule has 1 fully saturated rings. The van der Waals surface area contributed by atoms with Gasteiger partial charge in [0.05, 0.1) is 21.9 Å². The van der Waals surface area contributed by atoms with Crippen molar-refractivity contribution in [3.63, 3.8) is 0 Å². The number of hydrogen-bond acceptors (Lipinski definition) is 4. The summed E-state index contributed by atoms with van der Waals surface area (Å²) in [5.74, 6) is -1.04. The van der Waals surface area contributed by atoms with E-state index in [4.69, 9.17) is 17.3 Å². The van der Waals surface area contributed by atoms with Gasteiger partial charge in [0.2, 0.25) is 5.91 Å². The molecule has 1 aliphatic carbocycles. The van der Waals surface area contributed by atoms with E-state index >= 15 is 0 Å². The number of halogens is 1. The molecule has 0 aliphatic heterocycles. The Hall–Kier alpha value is -2.58. The van der Waals surface area contributed by atoms with Crippen LogP contribution in [-0.2, 0) is 11.3 Å². The van der Waals surface area contributed by atoms with Gasteiger partial charge >= 0.3 is 5.69 Å². The number of nitrogens with two attached hydrogens (primary N) is 1. The SMILES string of the molecule is Cc1cn(-c2ccc(Cl)c(C(=O)NCC3(O)CCCCCC3)c2)c(=O)n1CC(N)=O. The Balaban J connectivity index is 1.82. The molecule has 162 valence electrons. The molecule has 0 unspecified atom stereocenters. The summed E-state index contributed by atoms with van der Waals surface area (Å²) >= 11 is 6.23. The van der Waals surface area contributed by atoms with Crippen molar-refractivity contribution in [3.05, 3.63) is 51.2 Å². The Labute approximate surface area is 179 Å². The molecule has 9 heteroatoms. The van der Waals surface area contributed by atoms with Crippen LogP contribution < -0.4 is 16.7 Å². The van der Waals surface area contributed by atoms with Crippen LogP contribution in [0, 0.1) is 6.92 Å². The van der Waals surface area contributed by atoms with Crippen LogP contribution in [0.1, 0.15) is 54.6 Å². The molecule has 2 amide bonds. The number of benzene rings is 1. The fraction of sp³-hybridized carbons (Fsp3) is 0.476. The fourth-order valence-corrected chi connectivity index (χ4v) is 4.07. The second kappa shape index (κ2) is 9.06. The summed E-state index contributed by atoms with van der Waals surface area (Å²) in [6, 6.07) is 4.68. The highest BCUT2D eigenvalue weighted by Crippen LogP contribution is 2.27. The van der Waals surface area contributed by atoms with Crippen molar-refractivity contribution < 1.29 is 14.7 Å². The van der Waals surface area contributed by atoms with Gasteiger partial charge in [0.15, 0.2) is 0 Å². The lowest BCUT2D eigenvalue weighted by molar-refractivity contribution is -0.118. The van der Waals surface area contributed by atoms with Crippen molar-refractivity contribution >= 4 is 23.4 Å². The molecule has 3 rings (SSSR count). The zero-order chi connectivity index (χ0) is 21.9. The first-order chi connectivity index (χ1) is 14.2. The number of hydrogen-bond donors (Lipinski definition) is 3. The van der Waals surface area contributed by atoms with E-state index in [1.165, 1.54) is 15.2 Å². The van der Waals surface area contributed by atoms with E-state index in [0.29, 0.717) is 24.2 Å². The maximum absolute atomic E-state index is 12.8. The normalized spacial score (nSPS) is 16.1. The van der Waals surface area contributed by atoms with Crippen LogP contribution in [0.4, 0.5) is 0 Å². The van der Waals surface area contributed by atoms with Gasteiger partial charge in [-0.25, -0.2) is 4.79 Å². The van der Waals surface area contributed by atoms with Crippen molar-refractivity contribution in [2.75, 3.05) is 6.54 Å². The second-order valence-electron chi connectivity index (χ2n) is 7.96. The largest absolute Gasteiger partial charge is 0.388 e. The van der Waals surface area contributed by atoms with Crippen LogP contribution in [-0.4, -0.2) is 38.2 Å². The van der Waals surface area contributed by atoms with E-state index in [1.807, 2.05) is 0 Å². The van der Waals surface area contributed by atoms with Gasteiger partial charge in [-0.1, -0.05) is 37.3 Å². The quantitative estimate of drug-likeness (QED) is 0.601. The molecule has 1 aromatic carbocycles. The average Bonchev–Trinajstić information content (AvgIpc) is 2.86. The van der Waals surface area contributed by atoms with E-state index in [0.717, 1.165) is 25.7 Å². The molecule has 8 nitrogen and oxygen atoms in total. The first kappa shape index (κ1) is 22.1. The van der Waals surface area contributed by atoms with E-state index in [9.17, 15) is 19.5 Å². The first-order valence-electron chi connectivity index (χ1n) is 10.1. The van der Waals surface area contributed by atoms with Crippen molar-refractivity contribution in [1.82, 2.24) is 14.5 Å². The van der Waals surface area contributed by atoms with Gasteiger partial charge in [-0.15, -0.1) is 0 Å². The zero-order valence-electron chi connectivity index (χ0n) is 17.0. The smallest absolute Gasteiger partial charge is 0.333 e. The van der Waals surface area contributed by atoms with Gasteiger partial charge in [-0.2, -0.15) is 0 Å². The molecule has 2 aromatic rings. The Morgan fingerprint density at radius 3 is 2.53 bits per heavy atom. The fourth-order valence-electron chi connectivity index (χ4n) is 3.87. The molecule has 30 heavy (non-hydrogen) atoms. The van der Waals surface area contributed by atoms with Crippen molar-refractivity contribution in [3.8, 4) is 5.69 Å². The monoisotopic (exact) mass is 434 g/mol. The van der Waals surface area contributed by atoms with Gasteiger partial charge in [-0.3, -0.25) is 18.7 Å². The van der Waals surface area contributed by atoms with Crippen molar-refractivity contribution in [2.24, 2.45) is 5.73 Å². The Morgan fingerprint density at radius 2 is 1.90 bits per heavy atom. The molecule has 1 saturated carbocycles. The number of aryl methyl sites for hydroxylation is 1. The van der Waals surface area contributed by atoms with Crippen molar-refractivity contribution in [2.45, 2.75) is 57.6 Å². The third-order valence-electron chi connectivity index (χ3n) is 5.58. The number of nitrogens with zero attached hydrogens (tertiary/aromatic N) is 2. The summed E-state index contributed by atoms with van der Waals surface area (Å²) < 4.78 is 2.60. The number of imidazole rings is 1. The standard InChI is InChI=1S/C21H27ClN4O4/c1-14-11-26(20(29)25(14)12-18(23)27)15-6-7-17(22)16(10-15)19(28)24-13-21(30)8-4-2-3-5-9-21/h6-7,10-11,30H,2-5,8-9,12-13H2,1H3,(H2,23,27)(H,24,28). The lowest BCUT2D eigenvalue weighted by Crippen LogP contribution is -2.42. The number of carbonyl (C=O) groups is 2. The molecule has 0 bridgehead atoms. The lowest BCUT2D eigenvalue weighted by atomic mass is 9.94. The molecule has 1 aliphatic rings. The van der Waals surface area contributed by atoms with Gasteiger partial charge < -0.3 is 16.2 Å². The maximum atomic E-state index is 12.8. The summed E-state index contributed by atoms with van der Waals surface area (Å²) in [6.07, 6.45) is 6.94. The molecular weight excluding hydrogens is 408 g/mol. The Morgan fingerprint density at radius 1 is 1.23 bits per heavy atom. The van der Waals surface area contributed by atoms with E-state index < -0.39 is 23.1 Å². The molecule has 1 heterocycles. The number of primary amides is 1. The second-order valence-corrected chi connectivity index (χ2v) is 8.37. The van der Waals surface area contributed by atoms with Crippen LogP contribution in [0.15, 0.2) is 29.2 Å². The highest BCUT2D eigenvalue weighted by molar-refractivity contribution is 6.33. The Kier molecular flexibility index (Phi) is 6.67. The third-order valence-corrected chi connectivity index (χ3v) is 5.91. The van der Waals surface area contributed by atoms with Gasteiger partial charge in [0.25, 0.3) is 5.91 Å². The molecule has 0 radical (unpaired) electrons. The number of aromatic nitrogens is 2. The number of rotatable bonds is 6. The minimum atomic E-state index is -0.906. The third kappa shape index (κ3) is 4.94. The molecule has 4 N–H and O–H groups in total. The molecule has 0 spiro atoms. The minimum Gasteiger partial charge on any atom is -0.388 e. The van der Waals surface area contributed by atoms with Gasteiger partial charge in [0, 0.05) is 18.4 Å². The molecular formula is C21H27ClN4O4. The summed E-state index contributed by atoms with van der Waals surface area (Å²) in [4.78, 5) is 36.6. The highest BCUT2D eigenvalue weighted by atomic mass is 35.5. The van der Waals surface area contributed by atoms with E-state index in [-0.39, 0.29) is 23.7 Å². The van der Waals surface area contributed by atoms with Crippen LogP contribution >= 0.6 is 11.6 Å². The summed E-state index contributed by atoms with van der Waals surface area (Å²) in [5.41, 5.74) is 5.08. The van der Waals surface area contributed by atoms with E-state index in [2.05, 4.69) is 5.32 Å². The lowest BCUT2D eigenvalue weighted by Gasteiger charge is -2.26. The van der Waals surface area contributed by atoms with Crippen LogP contribution in [0.3, 0.4) is 0 Å².